The van der Waals surface area contributed by atoms with Crippen LogP contribution in [0.3, 0.4) is 0 Å². The molecule has 1 atom stereocenters. The lowest BCUT2D eigenvalue weighted by atomic mass is 9.84. The zero-order chi connectivity index (χ0) is 18.1. The van der Waals surface area contributed by atoms with E-state index in [1.165, 1.54) is 37.7 Å². The lowest BCUT2D eigenvalue weighted by Gasteiger charge is -2.22. The summed E-state index contributed by atoms with van der Waals surface area (Å²) in [6.45, 7) is 0.532. The van der Waals surface area contributed by atoms with Crippen LogP contribution in [0.15, 0.2) is 24.3 Å². The highest BCUT2D eigenvalue weighted by atomic mass is 16.4. The maximum atomic E-state index is 12.4. The topological polar surface area (TPSA) is 104 Å². The van der Waals surface area contributed by atoms with Gasteiger partial charge < -0.3 is 21.5 Å². The van der Waals surface area contributed by atoms with Gasteiger partial charge in [0, 0.05) is 5.69 Å². The standard InChI is InChI=1S/C19H29N3O3/c20-13-5-4-8-17(22-19(24)25)18(23)21-16-11-9-15(10-12-16)14-6-2-1-3-7-14/h9-12,14,17,22H,1-8,13,20H2,(H,21,23)(H,24,25)/t17-/m0/s1. The lowest BCUT2D eigenvalue weighted by Crippen LogP contribution is -2.43. The first-order valence-corrected chi connectivity index (χ1v) is 9.20. The van der Waals surface area contributed by atoms with E-state index >= 15 is 0 Å². The first kappa shape index (κ1) is 19.2. The molecule has 0 saturated heterocycles. The van der Waals surface area contributed by atoms with Crippen molar-refractivity contribution in [2.45, 2.75) is 63.3 Å². The minimum absolute atomic E-state index is 0.329. The molecule has 0 aliphatic heterocycles. The summed E-state index contributed by atoms with van der Waals surface area (Å²) in [7, 11) is 0. The van der Waals surface area contributed by atoms with E-state index in [1.54, 1.807) is 0 Å². The van der Waals surface area contributed by atoms with Gasteiger partial charge in [-0.3, -0.25) is 4.79 Å². The van der Waals surface area contributed by atoms with Crippen molar-refractivity contribution in [1.82, 2.24) is 5.32 Å². The first-order valence-electron chi connectivity index (χ1n) is 9.20. The third-order valence-electron chi connectivity index (χ3n) is 4.82. The van der Waals surface area contributed by atoms with Gasteiger partial charge in [-0.25, -0.2) is 4.79 Å². The number of unbranched alkanes of at least 4 members (excludes halogenated alkanes) is 1. The van der Waals surface area contributed by atoms with E-state index in [0.29, 0.717) is 31.0 Å². The second-order valence-electron chi connectivity index (χ2n) is 6.73. The summed E-state index contributed by atoms with van der Waals surface area (Å²) in [5.41, 5.74) is 7.47. The highest BCUT2D eigenvalue weighted by Crippen LogP contribution is 2.32. The van der Waals surface area contributed by atoms with Crippen LogP contribution in [0.4, 0.5) is 10.5 Å². The number of carbonyl (C=O) groups excluding carboxylic acids is 1. The average molecular weight is 347 g/mol. The van der Waals surface area contributed by atoms with Crippen LogP contribution >= 0.6 is 0 Å². The molecule has 25 heavy (non-hydrogen) atoms. The fraction of sp³-hybridized carbons (Fsp3) is 0.579. The van der Waals surface area contributed by atoms with Crippen molar-refractivity contribution in [3.8, 4) is 0 Å². The maximum Gasteiger partial charge on any atom is 0.405 e. The van der Waals surface area contributed by atoms with Crippen LogP contribution in [-0.4, -0.2) is 29.7 Å². The Morgan fingerprint density at radius 3 is 2.40 bits per heavy atom. The molecule has 1 aliphatic rings. The van der Waals surface area contributed by atoms with Gasteiger partial charge in [0.1, 0.15) is 6.04 Å². The number of nitrogens with two attached hydrogens (primary N) is 1. The molecule has 0 bridgehead atoms. The zero-order valence-corrected chi connectivity index (χ0v) is 14.7. The summed E-state index contributed by atoms with van der Waals surface area (Å²) in [6.07, 6.45) is 7.08. The summed E-state index contributed by atoms with van der Waals surface area (Å²) >= 11 is 0. The molecule has 1 saturated carbocycles. The Bertz CT molecular complexity index is 554. The monoisotopic (exact) mass is 347 g/mol. The van der Waals surface area contributed by atoms with Crippen LogP contribution in [0.2, 0.25) is 0 Å². The van der Waals surface area contributed by atoms with Gasteiger partial charge in [-0.1, -0.05) is 31.4 Å². The number of carbonyl (C=O) groups is 2. The molecule has 138 valence electrons. The molecule has 2 rings (SSSR count). The van der Waals surface area contributed by atoms with Crippen molar-refractivity contribution < 1.29 is 14.7 Å². The Balaban J connectivity index is 1.93. The Labute approximate surface area is 149 Å². The Morgan fingerprint density at radius 2 is 1.80 bits per heavy atom. The number of rotatable bonds is 8. The molecule has 1 aromatic rings. The number of benzene rings is 1. The molecule has 5 N–H and O–H groups in total. The van der Waals surface area contributed by atoms with Gasteiger partial charge in [0.2, 0.25) is 5.91 Å². The molecule has 1 aliphatic carbocycles. The van der Waals surface area contributed by atoms with Crippen LogP contribution in [-0.2, 0) is 4.79 Å². The molecule has 0 spiro atoms. The molecule has 0 heterocycles. The second kappa shape index (κ2) is 10.0. The van der Waals surface area contributed by atoms with Crippen molar-refractivity contribution in [3.05, 3.63) is 29.8 Å². The highest BCUT2D eigenvalue weighted by Gasteiger charge is 2.20. The van der Waals surface area contributed by atoms with Gasteiger partial charge in [0.15, 0.2) is 0 Å². The van der Waals surface area contributed by atoms with Crippen LogP contribution in [0.25, 0.3) is 0 Å². The van der Waals surface area contributed by atoms with Crippen LogP contribution in [0.5, 0.6) is 0 Å². The second-order valence-corrected chi connectivity index (χ2v) is 6.73. The fourth-order valence-electron chi connectivity index (χ4n) is 3.41. The van der Waals surface area contributed by atoms with Gasteiger partial charge in [-0.05, 0) is 62.3 Å². The minimum atomic E-state index is -1.19. The predicted molar refractivity (Wildman–Crippen MR) is 98.8 cm³/mol. The van der Waals surface area contributed by atoms with E-state index in [9.17, 15) is 9.59 Å². The largest absolute Gasteiger partial charge is 0.465 e. The minimum Gasteiger partial charge on any atom is -0.465 e. The normalized spacial score (nSPS) is 16.2. The van der Waals surface area contributed by atoms with E-state index < -0.39 is 12.1 Å². The molecule has 0 aromatic heterocycles. The third-order valence-corrected chi connectivity index (χ3v) is 4.82. The molecule has 1 fully saturated rings. The molecule has 6 heteroatoms. The average Bonchev–Trinajstić information content (AvgIpc) is 2.62. The van der Waals surface area contributed by atoms with Gasteiger partial charge >= 0.3 is 6.09 Å². The van der Waals surface area contributed by atoms with Crippen LogP contribution < -0.4 is 16.4 Å². The number of anilines is 1. The van der Waals surface area contributed by atoms with Crippen LogP contribution in [0.1, 0.15) is 62.8 Å². The molecular weight excluding hydrogens is 318 g/mol. The fourth-order valence-corrected chi connectivity index (χ4v) is 3.41. The van der Waals surface area contributed by atoms with E-state index in [2.05, 4.69) is 22.8 Å². The van der Waals surface area contributed by atoms with Gasteiger partial charge in [-0.15, -0.1) is 0 Å². The summed E-state index contributed by atoms with van der Waals surface area (Å²) in [4.78, 5) is 23.3. The summed E-state index contributed by atoms with van der Waals surface area (Å²) < 4.78 is 0. The molecule has 0 radical (unpaired) electrons. The molecule has 0 unspecified atom stereocenters. The van der Waals surface area contributed by atoms with E-state index in [0.717, 1.165) is 6.42 Å². The lowest BCUT2D eigenvalue weighted by molar-refractivity contribution is -0.118. The smallest absolute Gasteiger partial charge is 0.405 e. The van der Waals surface area contributed by atoms with Crippen molar-refractivity contribution in [3.63, 3.8) is 0 Å². The third kappa shape index (κ3) is 6.38. The van der Waals surface area contributed by atoms with Gasteiger partial charge in [0.05, 0.1) is 0 Å². The van der Waals surface area contributed by atoms with Crippen LogP contribution in [0, 0.1) is 0 Å². The van der Waals surface area contributed by atoms with E-state index in [4.69, 9.17) is 10.8 Å². The predicted octanol–water partition coefficient (Wildman–Crippen LogP) is 3.44. The molecular formula is C19H29N3O3. The summed E-state index contributed by atoms with van der Waals surface area (Å²) in [5, 5.41) is 14.0. The number of amides is 2. The van der Waals surface area contributed by atoms with E-state index in [-0.39, 0.29) is 5.91 Å². The van der Waals surface area contributed by atoms with Crippen molar-refractivity contribution in [1.29, 1.82) is 0 Å². The zero-order valence-electron chi connectivity index (χ0n) is 14.7. The Hall–Kier alpha value is -2.08. The Kier molecular flexibility index (Phi) is 7.73. The van der Waals surface area contributed by atoms with E-state index in [1.807, 2.05) is 12.1 Å². The van der Waals surface area contributed by atoms with Crippen molar-refractivity contribution in [2.24, 2.45) is 5.73 Å². The highest BCUT2D eigenvalue weighted by molar-refractivity contribution is 5.96. The summed E-state index contributed by atoms with van der Waals surface area (Å²) in [5.74, 6) is 0.293. The molecule has 6 nitrogen and oxygen atoms in total. The van der Waals surface area contributed by atoms with Gasteiger partial charge in [0.25, 0.3) is 0 Å². The first-order chi connectivity index (χ1) is 12.1. The van der Waals surface area contributed by atoms with Crippen molar-refractivity contribution in [2.75, 3.05) is 11.9 Å². The SMILES string of the molecule is NCCCC[C@H](NC(=O)O)C(=O)Nc1ccc(C2CCCCC2)cc1. The van der Waals surface area contributed by atoms with Crippen molar-refractivity contribution >= 4 is 17.7 Å². The number of hydrogen-bond acceptors (Lipinski definition) is 3. The molecule has 2 amide bonds. The quantitative estimate of drug-likeness (QED) is 0.541. The van der Waals surface area contributed by atoms with Gasteiger partial charge in [-0.2, -0.15) is 0 Å². The summed E-state index contributed by atoms with van der Waals surface area (Å²) in [6, 6.07) is 7.18. The maximum absolute atomic E-state index is 12.4. The number of carboxylic acid groups (broad SMARTS) is 1. The Morgan fingerprint density at radius 1 is 1.12 bits per heavy atom. The number of nitrogens with one attached hydrogen (secondary N) is 2. The molecule has 1 aromatic carbocycles. The number of hydrogen-bond donors (Lipinski definition) is 4.